The van der Waals surface area contributed by atoms with Gasteiger partial charge in [0.05, 0.1) is 12.2 Å². The highest BCUT2D eigenvalue weighted by Gasteiger charge is 2.35. The van der Waals surface area contributed by atoms with E-state index in [4.69, 9.17) is 11.6 Å². The molecule has 4 rings (SSSR count). The van der Waals surface area contributed by atoms with Crippen LogP contribution in [0.1, 0.15) is 11.3 Å². The Bertz CT molecular complexity index is 1200. The highest BCUT2D eigenvalue weighted by atomic mass is 35.5. The molecular formula is C23H21ClF2N6O. The lowest BCUT2D eigenvalue weighted by atomic mass is 9.92. The fraction of sp³-hybridized carbons (Fsp3) is 0.217. The second-order valence-corrected chi connectivity index (χ2v) is 8.32. The lowest BCUT2D eigenvalue weighted by molar-refractivity contribution is -0.0180. The van der Waals surface area contributed by atoms with Crippen molar-refractivity contribution in [2.24, 2.45) is 0 Å². The molecule has 0 amide bonds. The highest BCUT2D eigenvalue weighted by molar-refractivity contribution is 6.30. The van der Waals surface area contributed by atoms with Gasteiger partial charge in [-0.1, -0.05) is 35.9 Å². The van der Waals surface area contributed by atoms with E-state index in [1.165, 1.54) is 17.1 Å². The summed E-state index contributed by atoms with van der Waals surface area (Å²) in [6, 6.07) is 14.4. The van der Waals surface area contributed by atoms with Crippen LogP contribution in [0, 0.1) is 11.6 Å². The fourth-order valence-electron chi connectivity index (χ4n) is 3.72. The van der Waals surface area contributed by atoms with E-state index in [1.807, 2.05) is 36.4 Å². The lowest BCUT2D eigenvalue weighted by Gasteiger charge is -2.32. The van der Waals surface area contributed by atoms with E-state index in [1.54, 1.807) is 18.1 Å². The Kier molecular flexibility index (Phi) is 6.73. The summed E-state index contributed by atoms with van der Waals surface area (Å²) >= 11 is 5.94. The molecule has 0 saturated carbocycles. The molecule has 0 aliphatic rings. The summed E-state index contributed by atoms with van der Waals surface area (Å²) < 4.78 is 29.3. The third-order valence-corrected chi connectivity index (χ3v) is 5.47. The molecule has 170 valence electrons. The first-order chi connectivity index (χ1) is 15.8. The minimum atomic E-state index is -1.72. The molecule has 2 aromatic heterocycles. The standard InChI is InChI=1S/C23H21ClF2N6O/c1-31(12-20-8-4-17(11-27-20)16-2-5-18(24)6-3-16)13-23(33,14-32-15-28-29-30-32)21-9-7-19(25)10-22(21)26/h2-11,15,33H,12-14H2,1H3. The van der Waals surface area contributed by atoms with Gasteiger partial charge in [0.25, 0.3) is 0 Å². The zero-order chi connectivity index (χ0) is 23.4. The Morgan fingerprint density at radius 1 is 1.06 bits per heavy atom. The molecule has 0 aliphatic heterocycles. The smallest absolute Gasteiger partial charge is 0.138 e. The van der Waals surface area contributed by atoms with E-state index in [9.17, 15) is 13.9 Å². The number of halogens is 3. The van der Waals surface area contributed by atoms with Gasteiger partial charge in [0.15, 0.2) is 0 Å². The van der Waals surface area contributed by atoms with Crippen molar-refractivity contribution in [1.29, 1.82) is 0 Å². The monoisotopic (exact) mass is 470 g/mol. The van der Waals surface area contributed by atoms with Crippen LogP contribution in [0.15, 0.2) is 67.1 Å². The lowest BCUT2D eigenvalue weighted by Crippen LogP contribution is -2.43. The van der Waals surface area contributed by atoms with E-state index in [0.717, 1.165) is 29.0 Å². The molecule has 10 heteroatoms. The Balaban J connectivity index is 1.52. The first-order valence-corrected chi connectivity index (χ1v) is 10.5. The van der Waals surface area contributed by atoms with Crippen molar-refractivity contribution in [3.05, 3.63) is 95.0 Å². The van der Waals surface area contributed by atoms with Crippen LogP contribution in [0.2, 0.25) is 5.02 Å². The fourth-order valence-corrected chi connectivity index (χ4v) is 3.84. The van der Waals surface area contributed by atoms with E-state index >= 15 is 0 Å². The number of likely N-dealkylation sites (N-methyl/N-ethyl adjacent to an activating group) is 1. The number of hydrogen-bond donors (Lipinski definition) is 1. The van der Waals surface area contributed by atoms with Gasteiger partial charge in [0, 0.05) is 41.5 Å². The van der Waals surface area contributed by atoms with E-state index in [0.29, 0.717) is 11.6 Å². The first-order valence-electron chi connectivity index (χ1n) is 10.1. The Morgan fingerprint density at radius 2 is 1.82 bits per heavy atom. The second-order valence-electron chi connectivity index (χ2n) is 7.88. The Labute approximate surface area is 194 Å². The minimum absolute atomic E-state index is 0.0238. The number of tetrazole rings is 1. The summed E-state index contributed by atoms with van der Waals surface area (Å²) in [6.07, 6.45) is 3.09. The molecule has 1 N–H and O–H groups in total. The SMILES string of the molecule is CN(Cc1ccc(-c2ccc(Cl)cc2)cn1)CC(O)(Cn1cnnn1)c1ccc(F)cc1F. The molecule has 0 bridgehead atoms. The summed E-state index contributed by atoms with van der Waals surface area (Å²) in [6.45, 7) is 0.299. The van der Waals surface area contributed by atoms with Gasteiger partial charge in [-0.25, -0.2) is 13.5 Å². The van der Waals surface area contributed by atoms with Crippen molar-refractivity contribution in [2.75, 3.05) is 13.6 Å². The molecule has 0 spiro atoms. The zero-order valence-corrected chi connectivity index (χ0v) is 18.5. The van der Waals surface area contributed by atoms with Crippen molar-refractivity contribution in [2.45, 2.75) is 18.7 Å². The molecule has 1 unspecified atom stereocenters. The molecule has 2 aromatic carbocycles. The predicted octanol–water partition coefficient (Wildman–Crippen LogP) is 3.69. The largest absolute Gasteiger partial charge is 0.382 e. The molecular weight excluding hydrogens is 450 g/mol. The number of hydrogen-bond acceptors (Lipinski definition) is 6. The summed E-state index contributed by atoms with van der Waals surface area (Å²) in [4.78, 5) is 6.31. The van der Waals surface area contributed by atoms with Gasteiger partial charge in [-0.2, -0.15) is 0 Å². The maximum absolute atomic E-state index is 14.6. The van der Waals surface area contributed by atoms with Gasteiger partial charge in [0.1, 0.15) is 23.6 Å². The zero-order valence-electron chi connectivity index (χ0n) is 17.7. The number of aliphatic hydroxyl groups is 1. The third-order valence-electron chi connectivity index (χ3n) is 5.21. The van der Waals surface area contributed by atoms with E-state index in [-0.39, 0.29) is 18.7 Å². The van der Waals surface area contributed by atoms with Crippen LogP contribution in [0.5, 0.6) is 0 Å². The van der Waals surface area contributed by atoms with E-state index < -0.39 is 17.2 Å². The van der Waals surface area contributed by atoms with Crippen molar-refractivity contribution < 1.29 is 13.9 Å². The Morgan fingerprint density at radius 3 is 2.45 bits per heavy atom. The molecule has 4 aromatic rings. The van der Waals surface area contributed by atoms with Crippen LogP contribution >= 0.6 is 11.6 Å². The van der Waals surface area contributed by atoms with Crippen molar-refractivity contribution >= 4 is 11.6 Å². The molecule has 7 nitrogen and oxygen atoms in total. The van der Waals surface area contributed by atoms with Gasteiger partial charge < -0.3 is 5.11 Å². The average molecular weight is 471 g/mol. The van der Waals surface area contributed by atoms with Crippen molar-refractivity contribution in [1.82, 2.24) is 30.1 Å². The molecule has 0 saturated heterocycles. The van der Waals surface area contributed by atoms with Crippen molar-refractivity contribution in [3.63, 3.8) is 0 Å². The molecule has 0 radical (unpaired) electrons. The van der Waals surface area contributed by atoms with Gasteiger partial charge in [-0.15, -0.1) is 5.10 Å². The number of pyridine rings is 1. The van der Waals surface area contributed by atoms with Crippen LogP contribution in [-0.2, 0) is 18.7 Å². The number of benzene rings is 2. The van der Waals surface area contributed by atoms with Gasteiger partial charge in [0.2, 0.25) is 0 Å². The van der Waals surface area contributed by atoms with E-state index in [2.05, 4.69) is 20.5 Å². The second kappa shape index (κ2) is 9.70. The molecule has 1 atom stereocenters. The maximum Gasteiger partial charge on any atom is 0.138 e. The first kappa shape index (κ1) is 22.9. The summed E-state index contributed by atoms with van der Waals surface area (Å²) in [5.41, 5.74) is 0.943. The Hall–Kier alpha value is -3.27. The minimum Gasteiger partial charge on any atom is -0.382 e. The van der Waals surface area contributed by atoms with Crippen LogP contribution < -0.4 is 0 Å². The number of aromatic nitrogens is 5. The summed E-state index contributed by atoms with van der Waals surface area (Å²) in [5, 5.41) is 23.0. The topological polar surface area (TPSA) is 80.0 Å². The van der Waals surface area contributed by atoms with Crippen molar-refractivity contribution in [3.8, 4) is 11.1 Å². The normalized spacial score (nSPS) is 13.3. The van der Waals surface area contributed by atoms with Gasteiger partial charge in [-0.05, 0) is 47.3 Å². The third kappa shape index (κ3) is 5.57. The highest BCUT2D eigenvalue weighted by Crippen LogP contribution is 2.28. The van der Waals surface area contributed by atoms with Crippen LogP contribution in [0.4, 0.5) is 8.78 Å². The number of rotatable bonds is 8. The summed E-state index contributed by atoms with van der Waals surface area (Å²) in [5.74, 6) is -1.57. The van der Waals surface area contributed by atoms with Crippen LogP contribution in [0.3, 0.4) is 0 Å². The van der Waals surface area contributed by atoms with Crippen LogP contribution in [0.25, 0.3) is 11.1 Å². The average Bonchev–Trinajstić information content (AvgIpc) is 3.27. The molecule has 0 aliphatic carbocycles. The van der Waals surface area contributed by atoms with Gasteiger partial charge >= 0.3 is 0 Å². The predicted molar refractivity (Wildman–Crippen MR) is 119 cm³/mol. The molecule has 0 fully saturated rings. The molecule has 2 heterocycles. The van der Waals surface area contributed by atoms with Crippen LogP contribution in [-0.4, -0.2) is 48.8 Å². The number of nitrogens with zero attached hydrogens (tertiary/aromatic N) is 6. The van der Waals surface area contributed by atoms with Gasteiger partial charge in [-0.3, -0.25) is 9.88 Å². The summed E-state index contributed by atoms with van der Waals surface area (Å²) in [7, 11) is 1.78. The quantitative estimate of drug-likeness (QED) is 0.423. The maximum atomic E-state index is 14.6. The molecule has 33 heavy (non-hydrogen) atoms.